The lowest BCUT2D eigenvalue weighted by atomic mass is 9.91. The number of benzene rings is 1. The van der Waals surface area contributed by atoms with E-state index in [4.69, 9.17) is 5.26 Å². The molecular weight excluding hydrogens is 214 g/mol. The Bertz CT molecular complexity index is 394. The number of carbonyl (C=O) groups excluding carboxylic acids is 1. The lowest BCUT2D eigenvalue weighted by molar-refractivity contribution is -0.143. The van der Waals surface area contributed by atoms with E-state index in [0.717, 1.165) is 6.42 Å². The van der Waals surface area contributed by atoms with Gasteiger partial charge in [0, 0.05) is 0 Å². The van der Waals surface area contributed by atoms with Gasteiger partial charge in [0.1, 0.15) is 5.92 Å². The predicted octanol–water partition coefficient (Wildman–Crippen LogP) is 2.57. The Kier molecular flexibility index (Phi) is 5.22. The van der Waals surface area contributed by atoms with Crippen LogP contribution in [0.4, 0.5) is 0 Å². The summed E-state index contributed by atoms with van der Waals surface area (Å²) in [6.07, 6.45) is 1.41. The summed E-state index contributed by atoms with van der Waals surface area (Å²) in [6.45, 7) is 2.04. The highest BCUT2D eigenvalue weighted by atomic mass is 16.5. The van der Waals surface area contributed by atoms with Crippen LogP contribution in [0.1, 0.15) is 18.9 Å². The first kappa shape index (κ1) is 13.2. The van der Waals surface area contributed by atoms with E-state index in [1.165, 1.54) is 12.7 Å². The van der Waals surface area contributed by atoms with Crippen LogP contribution in [0.15, 0.2) is 30.3 Å². The second-order valence-corrected chi connectivity index (χ2v) is 4.24. The summed E-state index contributed by atoms with van der Waals surface area (Å²) in [5.74, 6) is -0.813. The van der Waals surface area contributed by atoms with Crippen molar-refractivity contribution >= 4 is 5.97 Å². The SMILES string of the molecule is COC(=O)C(C#N)CC(C)Cc1ccccc1. The molecule has 0 spiro atoms. The van der Waals surface area contributed by atoms with Crippen molar-refractivity contribution in [2.75, 3.05) is 7.11 Å². The second kappa shape index (κ2) is 6.70. The van der Waals surface area contributed by atoms with Gasteiger partial charge in [-0.3, -0.25) is 4.79 Å². The zero-order chi connectivity index (χ0) is 12.7. The van der Waals surface area contributed by atoms with E-state index < -0.39 is 11.9 Å². The molecule has 0 aliphatic rings. The molecule has 2 unspecified atom stereocenters. The van der Waals surface area contributed by atoms with Gasteiger partial charge >= 0.3 is 5.97 Å². The molecule has 0 radical (unpaired) electrons. The van der Waals surface area contributed by atoms with Crippen LogP contribution < -0.4 is 0 Å². The molecule has 3 nitrogen and oxygen atoms in total. The average molecular weight is 231 g/mol. The van der Waals surface area contributed by atoms with Crippen molar-refractivity contribution in [3.8, 4) is 6.07 Å². The zero-order valence-corrected chi connectivity index (χ0v) is 10.2. The molecule has 1 aromatic carbocycles. The van der Waals surface area contributed by atoms with E-state index >= 15 is 0 Å². The minimum atomic E-state index is -0.654. The Balaban J connectivity index is 2.52. The molecule has 90 valence electrons. The minimum Gasteiger partial charge on any atom is -0.468 e. The summed E-state index contributed by atoms with van der Waals surface area (Å²) in [6, 6.07) is 12.1. The van der Waals surface area contributed by atoms with Gasteiger partial charge in [-0.15, -0.1) is 0 Å². The molecule has 0 aliphatic carbocycles. The van der Waals surface area contributed by atoms with Gasteiger partial charge in [-0.05, 0) is 24.3 Å². The number of esters is 1. The van der Waals surface area contributed by atoms with E-state index in [1.807, 2.05) is 31.2 Å². The standard InChI is InChI=1S/C14H17NO2/c1-11(8-12-6-4-3-5-7-12)9-13(10-15)14(16)17-2/h3-7,11,13H,8-9H2,1-2H3. The fourth-order valence-electron chi connectivity index (χ4n) is 1.85. The summed E-state index contributed by atoms with van der Waals surface area (Å²) in [4.78, 5) is 11.3. The van der Waals surface area contributed by atoms with Gasteiger partial charge in [0.2, 0.25) is 0 Å². The van der Waals surface area contributed by atoms with Crippen LogP contribution in [0, 0.1) is 23.2 Å². The van der Waals surface area contributed by atoms with Crippen molar-refractivity contribution < 1.29 is 9.53 Å². The summed E-state index contributed by atoms with van der Waals surface area (Å²) >= 11 is 0. The maximum Gasteiger partial charge on any atom is 0.323 e. The first-order valence-electron chi connectivity index (χ1n) is 5.68. The van der Waals surface area contributed by atoms with E-state index in [9.17, 15) is 4.79 Å². The zero-order valence-electron chi connectivity index (χ0n) is 10.2. The summed E-state index contributed by atoms with van der Waals surface area (Å²) in [5, 5.41) is 8.89. The molecule has 0 aliphatic heterocycles. The first-order chi connectivity index (χ1) is 8.17. The van der Waals surface area contributed by atoms with Crippen molar-refractivity contribution in [3.63, 3.8) is 0 Å². The Morgan fingerprint density at radius 2 is 2.06 bits per heavy atom. The van der Waals surface area contributed by atoms with Crippen LogP contribution in [0.25, 0.3) is 0 Å². The van der Waals surface area contributed by atoms with E-state index in [1.54, 1.807) is 0 Å². The number of ether oxygens (including phenoxy) is 1. The third-order valence-electron chi connectivity index (χ3n) is 2.71. The number of hydrogen-bond acceptors (Lipinski definition) is 3. The highest BCUT2D eigenvalue weighted by Crippen LogP contribution is 2.17. The largest absolute Gasteiger partial charge is 0.468 e. The maximum absolute atomic E-state index is 11.3. The van der Waals surface area contributed by atoms with Gasteiger partial charge in [0.25, 0.3) is 0 Å². The van der Waals surface area contributed by atoms with Gasteiger partial charge < -0.3 is 4.74 Å². The molecule has 1 aromatic rings. The summed E-state index contributed by atoms with van der Waals surface area (Å²) in [5.41, 5.74) is 1.22. The molecule has 0 saturated carbocycles. The van der Waals surface area contributed by atoms with Crippen LogP contribution in [0.3, 0.4) is 0 Å². The fourth-order valence-corrected chi connectivity index (χ4v) is 1.85. The Labute approximate surface area is 102 Å². The van der Waals surface area contributed by atoms with E-state index in [0.29, 0.717) is 6.42 Å². The van der Waals surface area contributed by atoms with Gasteiger partial charge in [0.15, 0.2) is 0 Å². The smallest absolute Gasteiger partial charge is 0.323 e. The number of methoxy groups -OCH3 is 1. The number of carbonyl (C=O) groups is 1. The van der Waals surface area contributed by atoms with Crippen LogP contribution >= 0.6 is 0 Å². The molecule has 0 bridgehead atoms. The predicted molar refractivity (Wildman–Crippen MR) is 65.0 cm³/mol. The molecule has 3 heteroatoms. The Morgan fingerprint density at radius 3 is 2.59 bits per heavy atom. The lowest BCUT2D eigenvalue weighted by Gasteiger charge is -2.13. The van der Waals surface area contributed by atoms with Crippen molar-refractivity contribution in [1.82, 2.24) is 0 Å². The molecule has 0 N–H and O–H groups in total. The molecule has 2 atom stereocenters. The molecule has 17 heavy (non-hydrogen) atoms. The number of rotatable bonds is 5. The van der Waals surface area contributed by atoms with E-state index in [-0.39, 0.29) is 5.92 Å². The van der Waals surface area contributed by atoms with Crippen molar-refractivity contribution in [2.24, 2.45) is 11.8 Å². The molecule has 0 fully saturated rings. The quantitative estimate of drug-likeness (QED) is 0.732. The normalized spacial score (nSPS) is 13.5. The van der Waals surface area contributed by atoms with Crippen LogP contribution in [0.2, 0.25) is 0 Å². The van der Waals surface area contributed by atoms with Crippen LogP contribution in [0.5, 0.6) is 0 Å². The molecule has 0 saturated heterocycles. The maximum atomic E-state index is 11.3. The number of hydrogen-bond donors (Lipinski definition) is 0. The topological polar surface area (TPSA) is 50.1 Å². The van der Waals surface area contributed by atoms with Gasteiger partial charge in [-0.2, -0.15) is 5.26 Å². The molecule has 0 aromatic heterocycles. The van der Waals surface area contributed by atoms with Crippen LogP contribution in [-0.4, -0.2) is 13.1 Å². The third kappa shape index (κ3) is 4.28. The number of nitrogens with zero attached hydrogens (tertiary/aromatic N) is 1. The van der Waals surface area contributed by atoms with E-state index in [2.05, 4.69) is 16.9 Å². The van der Waals surface area contributed by atoms with Gasteiger partial charge in [0.05, 0.1) is 13.2 Å². The Morgan fingerprint density at radius 1 is 1.41 bits per heavy atom. The highest BCUT2D eigenvalue weighted by Gasteiger charge is 2.21. The molecule has 1 rings (SSSR count). The summed E-state index contributed by atoms with van der Waals surface area (Å²) < 4.78 is 4.59. The van der Waals surface area contributed by atoms with Gasteiger partial charge in [-0.1, -0.05) is 37.3 Å². The second-order valence-electron chi connectivity index (χ2n) is 4.24. The van der Waals surface area contributed by atoms with Crippen molar-refractivity contribution in [2.45, 2.75) is 19.8 Å². The van der Waals surface area contributed by atoms with Gasteiger partial charge in [-0.25, -0.2) is 0 Å². The monoisotopic (exact) mass is 231 g/mol. The minimum absolute atomic E-state index is 0.279. The first-order valence-corrected chi connectivity index (χ1v) is 5.68. The summed E-state index contributed by atoms with van der Waals surface area (Å²) in [7, 11) is 1.31. The highest BCUT2D eigenvalue weighted by molar-refractivity contribution is 5.74. The average Bonchev–Trinajstić information content (AvgIpc) is 2.36. The number of nitriles is 1. The molecular formula is C14H17NO2. The van der Waals surface area contributed by atoms with Crippen LogP contribution in [-0.2, 0) is 16.0 Å². The van der Waals surface area contributed by atoms with Crippen molar-refractivity contribution in [3.05, 3.63) is 35.9 Å². The fraction of sp³-hybridized carbons (Fsp3) is 0.429. The Hall–Kier alpha value is -1.82. The molecule has 0 amide bonds. The third-order valence-corrected chi connectivity index (χ3v) is 2.71. The van der Waals surface area contributed by atoms with Crippen molar-refractivity contribution in [1.29, 1.82) is 5.26 Å². The molecule has 0 heterocycles. The lowest BCUT2D eigenvalue weighted by Crippen LogP contribution is -2.18.